The van der Waals surface area contributed by atoms with Crippen molar-refractivity contribution >= 4 is 5.91 Å². The molecule has 1 aliphatic rings. The fraction of sp³-hybridized carbons (Fsp3) is 0.588. The van der Waals surface area contributed by atoms with Gasteiger partial charge in [0.2, 0.25) is 0 Å². The van der Waals surface area contributed by atoms with Crippen molar-refractivity contribution in [2.45, 2.75) is 45.7 Å². The standard InChI is InChI=1S/C17H26N2O3/c1-4-21-15-9-8-13(11-16(15)22-5-2)17(20)19-14-7-6-10-18-12(14)3/h8-9,11-12,14,18H,4-7,10H2,1-3H3,(H,19,20)/t12-,14+/m1/s1. The second-order valence-electron chi connectivity index (χ2n) is 5.49. The molecule has 1 heterocycles. The Labute approximate surface area is 132 Å². The Morgan fingerprint density at radius 3 is 2.68 bits per heavy atom. The number of carbonyl (C=O) groups excluding carboxylic acids is 1. The largest absolute Gasteiger partial charge is 0.490 e. The zero-order chi connectivity index (χ0) is 15.9. The van der Waals surface area contributed by atoms with E-state index in [9.17, 15) is 4.79 Å². The van der Waals surface area contributed by atoms with Crippen molar-refractivity contribution in [3.05, 3.63) is 23.8 Å². The van der Waals surface area contributed by atoms with E-state index < -0.39 is 0 Å². The van der Waals surface area contributed by atoms with Crippen LogP contribution in [0.4, 0.5) is 0 Å². The molecular weight excluding hydrogens is 280 g/mol. The smallest absolute Gasteiger partial charge is 0.251 e. The van der Waals surface area contributed by atoms with Crippen molar-refractivity contribution < 1.29 is 14.3 Å². The van der Waals surface area contributed by atoms with Crippen molar-refractivity contribution in [3.63, 3.8) is 0 Å². The van der Waals surface area contributed by atoms with Crippen LogP contribution in [-0.2, 0) is 0 Å². The number of hydrogen-bond acceptors (Lipinski definition) is 4. The van der Waals surface area contributed by atoms with Crippen molar-refractivity contribution in [2.24, 2.45) is 0 Å². The van der Waals surface area contributed by atoms with Crippen LogP contribution in [0.1, 0.15) is 44.0 Å². The molecule has 2 atom stereocenters. The minimum absolute atomic E-state index is 0.0652. The van der Waals surface area contributed by atoms with Crippen LogP contribution < -0.4 is 20.1 Å². The fourth-order valence-electron chi connectivity index (χ4n) is 2.69. The molecule has 0 unspecified atom stereocenters. The highest BCUT2D eigenvalue weighted by Crippen LogP contribution is 2.28. The molecule has 2 N–H and O–H groups in total. The normalized spacial score (nSPS) is 21.2. The number of benzene rings is 1. The lowest BCUT2D eigenvalue weighted by Crippen LogP contribution is -2.51. The van der Waals surface area contributed by atoms with E-state index in [1.54, 1.807) is 18.2 Å². The number of ether oxygens (including phenoxy) is 2. The molecule has 0 spiro atoms. The fourth-order valence-corrected chi connectivity index (χ4v) is 2.69. The summed E-state index contributed by atoms with van der Waals surface area (Å²) in [6, 6.07) is 5.80. The van der Waals surface area contributed by atoms with Gasteiger partial charge in [0.1, 0.15) is 0 Å². The zero-order valence-corrected chi connectivity index (χ0v) is 13.6. The zero-order valence-electron chi connectivity index (χ0n) is 13.6. The van der Waals surface area contributed by atoms with E-state index in [0.717, 1.165) is 19.4 Å². The van der Waals surface area contributed by atoms with Gasteiger partial charge in [-0.2, -0.15) is 0 Å². The first kappa shape index (κ1) is 16.6. The molecule has 5 heteroatoms. The Hall–Kier alpha value is -1.75. The first-order valence-corrected chi connectivity index (χ1v) is 8.09. The third kappa shape index (κ3) is 4.13. The molecule has 2 rings (SSSR count). The van der Waals surface area contributed by atoms with Gasteiger partial charge in [-0.3, -0.25) is 4.79 Å². The summed E-state index contributed by atoms with van der Waals surface area (Å²) in [5.74, 6) is 1.23. The molecule has 0 radical (unpaired) electrons. The van der Waals surface area contributed by atoms with Crippen LogP contribution in [-0.4, -0.2) is 37.7 Å². The molecule has 1 fully saturated rings. The van der Waals surface area contributed by atoms with Crippen molar-refractivity contribution in [1.29, 1.82) is 0 Å². The Balaban J connectivity index is 2.09. The monoisotopic (exact) mass is 306 g/mol. The van der Waals surface area contributed by atoms with Crippen molar-refractivity contribution in [3.8, 4) is 11.5 Å². The summed E-state index contributed by atoms with van der Waals surface area (Å²) in [7, 11) is 0. The Morgan fingerprint density at radius 2 is 2.00 bits per heavy atom. The van der Waals surface area contributed by atoms with Gasteiger partial charge < -0.3 is 20.1 Å². The summed E-state index contributed by atoms with van der Waals surface area (Å²) < 4.78 is 11.1. The van der Waals surface area contributed by atoms with Gasteiger partial charge >= 0.3 is 0 Å². The molecule has 1 aromatic carbocycles. The van der Waals surface area contributed by atoms with Gasteiger partial charge in [-0.15, -0.1) is 0 Å². The van der Waals surface area contributed by atoms with Crippen molar-refractivity contribution in [1.82, 2.24) is 10.6 Å². The maximum absolute atomic E-state index is 12.4. The third-order valence-corrected chi connectivity index (χ3v) is 3.88. The van der Waals surface area contributed by atoms with Gasteiger partial charge in [0, 0.05) is 17.6 Å². The van der Waals surface area contributed by atoms with E-state index in [1.165, 1.54) is 0 Å². The number of piperidine rings is 1. The van der Waals surface area contributed by atoms with Gasteiger partial charge in [-0.1, -0.05) is 0 Å². The molecular formula is C17H26N2O3. The predicted molar refractivity (Wildman–Crippen MR) is 86.7 cm³/mol. The SMILES string of the molecule is CCOc1ccc(C(=O)N[C@H]2CCCN[C@@H]2C)cc1OCC. The average molecular weight is 306 g/mol. The lowest BCUT2D eigenvalue weighted by molar-refractivity contribution is 0.0919. The first-order chi connectivity index (χ1) is 10.7. The maximum atomic E-state index is 12.4. The topological polar surface area (TPSA) is 59.6 Å². The molecule has 0 bridgehead atoms. The summed E-state index contributed by atoms with van der Waals surface area (Å²) in [6.45, 7) is 8.07. The van der Waals surface area contributed by atoms with Gasteiger partial charge in [0.15, 0.2) is 11.5 Å². The number of rotatable bonds is 6. The lowest BCUT2D eigenvalue weighted by Gasteiger charge is -2.30. The molecule has 1 saturated heterocycles. The predicted octanol–water partition coefficient (Wildman–Crippen LogP) is 2.35. The van der Waals surface area contributed by atoms with Gasteiger partial charge in [0.05, 0.1) is 13.2 Å². The Kier molecular flexibility index (Phi) is 6.07. The van der Waals surface area contributed by atoms with Crippen LogP contribution in [0.3, 0.4) is 0 Å². The van der Waals surface area contributed by atoms with Crippen LogP contribution >= 0.6 is 0 Å². The molecule has 0 saturated carbocycles. The van der Waals surface area contributed by atoms with Crippen LogP contribution in [0.15, 0.2) is 18.2 Å². The highest BCUT2D eigenvalue weighted by Gasteiger charge is 2.23. The van der Waals surface area contributed by atoms with Crippen LogP contribution in [0, 0.1) is 0 Å². The van der Waals surface area contributed by atoms with Gasteiger partial charge in [-0.05, 0) is 58.4 Å². The van der Waals surface area contributed by atoms with E-state index in [-0.39, 0.29) is 11.9 Å². The molecule has 0 aromatic heterocycles. The quantitative estimate of drug-likeness (QED) is 0.847. The molecule has 1 aromatic rings. The van der Waals surface area contributed by atoms with Crippen LogP contribution in [0.25, 0.3) is 0 Å². The van der Waals surface area contributed by atoms with Crippen LogP contribution in [0.5, 0.6) is 11.5 Å². The van der Waals surface area contributed by atoms with Gasteiger partial charge in [0.25, 0.3) is 5.91 Å². The van der Waals surface area contributed by atoms with E-state index in [0.29, 0.717) is 36.3 Å². The highest BCUT2D eigenvalue weighted by molar-refractivity contribution is 5.95. The molecule has 22 heavy (non-hydrogen) atoms. The summed E-state index contributed by atoms with van der Waals surface area (Å²) in [6.07, 6.45) is 2.10. The van der Waals surface area contributed by atoms with Crippen LogP contribution in [0.2, 0.25) is 0 Å². The third-order valence-electron chi connectivity index (χ3n) is 3.88. The minimum atomic E-state index is -0.0652. The molecule has 1 aliphatic heterocycles. The Bertz CT molecular complexity index is 505. The molecule has 0 aliphatic carbocycles. The maximum Gasteiger partial charge on any atom is 0.251 e. The summed E-state index contributed by atoms with van der Waals surface area (Å²) in [5.41, 5.74) is 0.602. The number of hydrogen-bond donors (Lipinski definition) is 2. The minimum Gasteiger partial charge on any atom is -0.490 e. The second-order valence-corrected chi connectivity index (χ2v) is 5.49. The van der Waals surface area contributed by atoms with Gasteiger partial charge in [-0.25, -0.2) is 0 Å². The average Bonchev–Trinajstić information content (AvgIpc) is 2.51. The first-order valence-electron chi connectivity index (χ1n) is 8.09. The molecule has 122 valence electrons. The molecule has 5 nitrogen and oxygen atoms in total. The number of nitrogens with one attached hydrogen (secondary N) is 2. The lowest BCUT2D eigenvalue weighted by atomic mass is 9.99. The highest BCUT2D eigenvalue weighted by atomic mass is 16.5. The second kappa shape index (κ2) is 8.03. The Morgan fingerprint density at radius 1 is 1.27 bits per heavy atom. The van der Waals surface area contributed by atoms with E-state index in [2.05, 4.69) is 17.6 Å². The van der Waals surface area contributed by atoms with E-state index in [1.807, 2.05) is 13.8 Å². The summed E-state index contributed by atoms with van der Waals surface area (Å²) in [5, 5.41) is 6.49. The van der Waals surface area contributed by atoms with E-state index in [4.69, 9.17) is 9.47 Å². The summed E-state index contributed by atoms with van der Waals surface area (Å²) >= 11 is 0. The summed E-state index contributed by atoms with van der Waals surface area (Å²) in [4.78, 5) is 12.4. The number of amides is 1. The molecule has 1 amide bonds. The number of carbonyl (C=O) groups is 1. The van der Waals surface area contributed by atoms with Crippen molar-refractivity contribution in [2.75, 3.05) is 19.8 Å². The van der Waals surface area contributed by atoms with E-state index >= 15 is 0 Å².